The van der Waals surface area contributed by atoms with Crippen LogP contribution in [0.15, 0.2) is 46.2 Å². The molecule has 1 N–H and O–H groups in total. The molecule has 0 amide bonds. The van der Waals surface area contributed by atoms with E-state index >= 15 is 0 Å². The first-order valence-corrected chi connectivity index (χ1v) is 11.0. The Morgan fingerprint density at radius 2 is 1.46 bits per heavy atom. The summed E-state index contributed by atoms with van der Waals surface area (Å²) in [5.41, 5.74) is 2.70. The van der Waals surface area contributed by atoms with E-state index in [-0.39, 0.29) is 16.3 Å². The highest BCUT2D eigenvalue weighted by atomic mass is 32.2. The summed E-state index contributed by atoms with van der Waals surface area (Å²) in [6.45, 7) is 5.29. The highest BCUT2D eigenvalue weighted by molar-refractivity contribution is 7.89. The van der Waals surface area contributed by atoms with E-state index in [0.29, 0.717) is 16.7 Å². The van der Waals surface area contributed by atoms with Crippen molar-refractivity contribution >= 4 is 20.0 Å². The van der Waals surface area contributed by atoms with Crippen molar-refractivity contribution in [3.63, 3.8) is 0 Å². The third-order valence-corrected chi connectivity index (χ3v) is 7.68. The smallest absolute Gasteiger partial charge is 0.207 e. The van der Waals surface area contributed by atoms with Crippen LogP contribution in [0.5, 0.6) is 0 Å². The van der Waals surface area contributed by atoms with Gasteiger partial charge in [0.15, 0.2) is 0 Å². The number of sulfonamides is 2. The van der Waals surface area contributed by atoms with Gasteiger partial charge in [-0.3, -0.25) is 0 Å². The van der Waals surface area contributed by atoms with E-state index in [2.05, 4.69) is 4.72 Å². The molecule has 2 aromatic carbocycles. The quantitative estimate of drug-likeness (QED) is 0.812. The average Bonchev–Trinajstić information content (AvgIpc) is 2.51. The first-order chi connectivity index (χ1) is 12.0. The highest BCUT2D eigenvalue weighted by Crippen LogP contribution is 2.23. The molecule has 0 atom stereocenters. The number of aryl methyl sites for hydroxylation is 3. The number of benzene rings is 2. The van der Waals surface area contributed by atoms with E-state index in [1.54, 1.807) is 32.0 Å². The van der Waals surface area contributed by atoms with Crippen molar-refractivity contribution in [2.24, 2.45) is 0 Å². The van der Waals surface area contributed by atoms with Crippen molar-refractivity contribution in [1.29, 1.82) is 0 Å². The van der Waals surface area contributed by atoms with E-state index in [4.69, 9.17) is 0 Å². The van der Waals surface area contributed by atoms with Crippen LogP contribution in [0.1, 0.15) is 22.3 Å². The van der Waals surface area contributed by atoms with Gasteiger partial charge in [-0.05, 0) is 43.5 Å². The van der Waals surface area contributed by atoms with E-state index < -0.39 is 20.0 Å². The number of hydrogen-bond acceptors (Lipinski definition) is 4. The van der Waals surface area contributed by atoms with Gasteiger partial charge >= 0.3 is 0 Å². The summed E-state index contributed by atoms with van der Waals surface area (Å²) in [5.74, 6) is 0. The fourth-order valence-corrected chi connectivity index (χ4v) is 5.50. The molecule has 0 aliphatic rings. The van der Waals surface area contributed by atoms with Crippen LogP contribution in [-0.2, 0) is 26.6 Å². The van der Waals surface area contributed by atoms with Gasteiger partial charge in [0.2, 0.25) is 20.0 Å². The van der Waals surface area contributed by atoms with Crippen LogP contribution in [0.25, 0.3) is 0 Å². The van der Waals surface area contributed by atoms with Gasteiger partial charge in [-0.15, -0.1) is 0 Å². The van der Waals surface area contributed by atoms with Gasteiger partial charge in [-0.25, -0.2) is 25.9 Å². The molecule has 0 fully saturated rings. The Bertz CT molecular complexity index is 1000. The number of nitrogens with one attached hydrogen (secondary N) is 1. The molecule has 0 aromatic heterocycles. The molecule has 0 radical (unpaired) electrons. The maximum absolute atomic E-state index is 12.8. The molecule has 0 heterocycles. The van der Waals surface area contributed by atoms with Crippen molar-refractivity contribution < 1.29 is 16.8 Å². The Kier molecular flexibility index (Phi) is 5.92. The van der Waals surface area contributed by atoms with Crippen LogP contribution >= 0.6 is 0 Å². The first kappa shape index (κ1) is 20.6. The number of nitrogens with zero attached hydrogens (tertiary/aromatic N) is 1. The molecule has 0 saturated heterocycles. The zero-order valence-electron chi connectivity index (χ0n) is 15.6. The fourth-order valence-electron chi connectivity index (χ4n) is 2.93. The molecule has 6 nitrogen and oxygen atoms in total. The second kappa shape index (κ2) is 7.48. The van der Waals surface area contributed by atoms with E-state index in [1.807, 2.05) is 19.1 Å². The molecule has 0 aliphatic heterocycles. The zero-order chi connectivity index (χ0) is 19.7. The summed E-state index contributed by atoms with van der Waals surface area (Å²) in [7, 11) is -4.56. The van der Waals surface area contributed by atoms with Gasteiger partial charge in [0, 0.05) is 20.6 Å². The van der Waals surface area contributed by atoms with Crippen molar-refractivity contribution in [3.8, 4) is 0 Å². The van der Waals surface area contributed by atoms with Crippen LogP contribution < -0.4 is 4.72 Å². The number of rotatable bonds is 6. The SMILES string of the molecule is Cc1cc(C)c(S(=O)(=O)NCc2ccccc2S(=O)(=O)N(C)C)c(C)c1. The summed E-state index contributed by atoms with van der Waals surface area (Å²) in [4.78, 5) is 0.320. The van der Waals surface area contributed by atoms with E-state index in [1.165, 1.54) is 20.2 Å². The van der Waals surface area contributed by atoms with E-state index in [9.17, 15) is 16.8 Å². The third-order valence-electron chi connectivity index (χ3n) is 4.06. The molecule has 26 heavy (non-hydrogen) atoms. The molecular formula is C18H24N2O4S2. The molecule has 2 rings (SSSR count). The lowest BCUT2D eigenvalue weighted by atomic mass is 10.1. The van der Waals surface area contributed by atoms with Crippen LogP contribution in [-0.4, -0.2) is 35.2 Å². The minimum absolute atomic E-state index is 0.0880. The Hall–Kier alpha value is -1.74. The summed E-state index contributed by atoms with van der Waals surface area (Å²) in [5, 5.41) is 0. The molecule has 2 aromatic rings. The second-order valence-electron chi connectivity index (χ2n) is 6.45. The van der Waals surface area contributed by atoms with Crippen molar-refractivity contribution in [2.45, 2.75) is 37.1 Å². The average molecular weight is 397 g/mol. The Morgan fingerprint density at radius 1 is 0.923 bits per heavy atom. The maximum Gasteiger partial charge on any atom is 0.242 e. The third kappa shape index (κ3) is 4.15. The minimum atomic E-state index is -3.78. The monoisotopic (exact) mass is 396 g/mol. The van der Waals surface area contributed by atoms with Gasteiger partial charge in [0.05, 0.1) is 9.79 Å². The van der Waals surface area contributed by atoms with Gasteiger partial charge in [-0.2, -0.15) is 0 Å². The van der Waals surface area contributed by atoms with E-state index in [0.717, 1.165) is 9.87 Å². The highest BCUT2D eigenvalue weighted by Gasteiger charge is 2.23. The fraction of sp³-hybridized carbons (Fsp3) is 0.333. The lowest BCUT2D eigenvalue weighted by Crippen LogP contribution is -2.28. The standard InChI is InChI=1S/C18H24N2O4S2/c1-13-10-14(2)18(15(3)11-13)25(21,22)19-12-16-8-6-7-9-17(16)26(23,24)20(4)5/h6-11,19H,12H2,1-5H3. The van der Waals surface area contributed by atoms with Gasteiger partial charge < -0.3 is 0 Å². The van der Waals surface area contributed by atoms with Crippen LogP contribution in [0, 0.1) is 20.8 Å². The number of hydrogen-bond donors (Lipinski definition) is 1. The lowest BCUT2D eigenvalue weighted by Gasteiger charge is -2.17. The molecule has 0 saturated carbocycles. The van der Waals surface area contributed by atoms with Crippen molar-refractivity contribution in [3.05, 3.63) is 58.7 Å². The Morgan fingerprint density at radius 3 is 2.00 bits per heavy atom. The van der Waals surface area contributed by atoms with Crippen LogP contribution in [0.2, 0.25) is 0 Å². The summed E-state index contributed by atoms with van der Waals surface area (Å²) >= 11 is 0. The maximum atomic E-state index is 12.8. The minimum Gasteiger partial charge on any atom is -0.207 e. The predicted molar refractivity (Wildman–Crippen MR) is 102 cm³/mol. The molecule has 0 unspecified atom stereocenters. The molecule has 142 valence electrons. The van der Waals surface area contributed by atoms with Gasteiger partial charge in [0.1, 0.15) is 0 Å². The molecule has 0 spiro atoms. The van der Waals surface area contributed by atoms with Crippen LogP contribution in [0.4, 0.5) is 0 Å². The van der Waals surface area contributed by atoms with Crippen molar-refractivity contribution in [1.82, 2.24) is 9.03 Å². The summed E-state index contributed by atoms with van der Waals surface area (Å²) in [6, 6.07) is 10.00. The van der Waals surface area contributed by atoms with Gasteiger partial charge in [-0.1, -0.05) is 35.9 Å². The summed E-state index contributed by atoms with van der Waals surface area (Å²) in [6.07, 6.45) is 0. The normalized spacial score (nSPS) is 12.5. The molecule has 0 bridgehead atoms. The Labute approximate surface area is 156 Å². The summed E-state index contributed by atoms with van der Waals surface area (Å²) < 4.78 is 54.1. The van der Waals surface area contributed by atoms with Crippen molar-refractivity contribution in [2.75, 3.05) is 14.1 Å². The predicted octanol–water partition coefficient (Wildman–Crippen LogP) is 2.34. The Balaban J connectivity index is 2.39. The second-order valence-corrected chi connectivity index (χ2v) is 10.3. The van der Waals surface area contributed by atoms with Crippen LogP contribution in [0.3, 0.4) is 0 Å². The van der Waals surface area contributed by atoms with Gasteiger partial charge in [0.25, 0.3) is 0 Å². The molecular weight excluding hydrogens is 372 g/mol. The first-order valence-electron chi connectivity index (χ1n) is 8.05. The molecule has 0 aliphatic carbocycles. The topological polar surface area (TPSA) is 83.5 Å². The lowest BCUT2D eigenvalue weighted by molar-refractivity contribution is 0.519. The zero-order valence-corrected chi connectivity index (χ0v) is 17.2. The largest absolute Gasteiger partial charge is 0.242 e. The molecule has 8 heteroatoms.